The highest BCUT2D eigenvalue weighted by atomic mass is 19.3. The lowest BCUT2D eigenvalue weighted by atomic mass is 9.92. The molecule has 0 saturated heterocycles. The van der Waals surface area contributed by atoms with Gasteiger partial charge in [0.2, 0.25) is 0 Å². The van der Waals surface area contributed by atoms with Crippen molar-refractivity contribution in [3.63, 3.8) is 0 Å². The smallest absolute Gasteiger partial charge is 0.387 e. The van der Waals surface area contributed by atoms with Crippen molar-refractivity contribution in [2.75, 3.05) is 0 Å². The molecule has 1 aromatic carbocycles. The van der Waals surface area contributed by atoms with E-state index in [0.717, 1.165) is 0 Å². The van der Waals surface area contributed by atoms with Crippen molar-refractivity contribution in [1.82, 2.24) is 4.98 Å². The van der Waals surface area contributed by atoms with Crippen molar-refractivity contribution in [2.24, 2.45) is 0 Å². The van der Waals surface area contributed by atoms with Crippen LogP contribution >= 0.6 is 0 Å². The molecule has 0 amide bonds. The summed E-state index contributed by atoms with van der Waals surface area (Å²) in [7, 11) is 0. The summed E-state index contributed by atoms with van der Waals surface area (Å²) in [5.41, 5.74) is 0.394. The van der Waals surface area contributed by atoms with Gasteiger partial charge in [0.05, 0.1) is 11.6 Å². The van der Waals surface area contributed by atoms with E-state index in [0.29, 0.717) is 5.56 Å². The average Bonchev–Trinajstić information content (AvgIpc) is 2.49. The molecule has 1 aromatic heterocycles. The Morgan fingerprint density at radius 2 is 1.86 bits per heavy atom. The Labute approximate surface area is 119 Å². The number of nitrogens with zero attached hydrogens (tertiary/aromatic N) is 2. The highest BCUT2D eigenvalue weighted by molar-refractivity contribution is 6.04. The molecule has 6 heteroatoms. The molecule has 0 spiro atoms. The second-order valence-corrected chi connectivity index (χ2v) is 4.08. The van der Waals surface area contributed by atoms with Crippen molar-refractivity contribution < 1.29 is 18.3 Å². The summed E-state index contributed by atoms with van der Waals surface area (Å²) < 4.78 is 29.0. The summed E-state index contributed by atoms with van der Waals surface area (Å²) in [6.45, 7) is -3.04. The number of rotatable bonds is 5. The fourth-order valence-corrected chi connectivity index (χ4v) is 1.86. The van der Waals surface area contributed by atoms with Crippen LogP contribution in [0, 0.1) is 11.3 Å². The van der Waals surface area contributed by atoms with E-state index in [2.05, 4.69) is 9.72 Å². The molecule has 0 radical (unpaired) electrons. The summed E-state index contributed by atoms with van der Waals surface area (Å²) >= 11 is 0. The van der Waals surface area contributed by atoms with Crippen LogP contribution in [0.25, 0.3) is 0 Å². The molecule has 0 aliphatic carbocycles. The molecule has 2 rings (SSSR count). The maximum atomic E-state index is 12.4. The van der Waals surface area contributed by atoms with Crippen molar-refractivity contribution in [3.05, 3.63) is 59.9 Å². The number of carbonyl (C=O) groups excluding carboxylic acids is 1. The number of ketones is 1. The number of benzene rings is 1. The van der Waals surface area contributed by atoms with E-state index in [1.54, 1.807) is 0 Å². The molecule has 4 nitrogen and oxygen atoms in total. The van der Waals surface area contributed by atoms with Gasteiger partial charge in [-0.05, 0) is 29.8 Å². The summed E-state index contributed by atoms with van der Waals surface area (Å²) in [4.78, 5) is 16.2. The van der Waals surface area contributed by atoms with Gasteiger partial charge in [-0.2, -0.15) is 14.0 Å². The molecule has 0 fully saturated rings. The molecule has 1 heterocycles. The number of para-hydroxylation sites is 1. The Kier molecular flexibility index (Phi) is 4.57. The SMILES string of the molecule is N#CC(C(=O)c1ccccc1OC(F)F)c1ccncc1. The van der Waals surface area contributed by atoms with Gasteiger partial charge >= 0.3 is 6.61 Å². The van der Waals surface area contributed by atoms with E-state index in [1.807, 2.05) is 6.07 Å². The average molecular weight is 288 g/mol. The lowest BCUT2D eigenvalue weighted by Crippen LogP contribution is -2.14. The number of hydrogen-bond acceptors (Lipinski definition) is 4. The molecule has 0 aliphatic rings. The predicted octanol–water partition coefficient (Wildman–Crippen LogP) is 3.17. The first-order chi connectivity index (χ1) is 10.1. The van der Waals surface area contributed by atoms with Gasteiger partial charge in [0.1, 0.15) is 11.7 Å². The zero-order valence-electron chi connectivity index (χ0n) is 10.7. The fourth-order valence-electron chi connectivity index (χ4n) is 1.86. The van der Waals surface area contributed by atoms with Crippen LogP contribution < -0.4 is 4.74 Å². The number of alkyl halides is 2. The van der Waals surface area contributed by atoms with Crippen molar-refractivity contribution in [2.45, 2.75) is 12.5 Å². The third-order valence-corrected chi connectivity index (χ3v) is 2.80. The first-order valence-corrected chi connectivity index (χ1v) is 6.01. The molecule has 0 bridgehead atoms. The van der Waals surface area contributed by atoms with Crippen LogP contribution in [0.15, 0.2) is 48.8 Å². The summed E-state index contributed by atoms with van der Waals surface area (Å²) in [6.07, 6.45) is 2.91. The zero-order valence-corrected chi connectivity index (χ0v) is 10.7. The molecule has 1 unspecified atom stereocenters. The first kappa shape index (κ1) is 14.6. The van der Waals surface area contributed by atoms with Gasteiger partial charge in [-0.25, -0.2) is 0 Å². The number of halogens is 2. The van der Waals surface area contributed by atoms with E-state index < -0.39 is 18.3 Å². The van der Waals surface area contributed by atoms with Gasteiger partial charge < -0.3 is 4.74 Å². The molecule has 0 N–H and O–H groups in total. The number of pyridine rings is 1. The van der Waals surface area contributed by atoms with Gasteiger partial charge in [-0.15, -0.1) is 0 Å². The maximum Gasteiger partial charge on any atom is 0.387 e. The number of nitriles is 1. The highest BCUT2D eigenvalue weighted by Gasteiger charge is 2.25. The Balaban J connectivity index is 2.37. The minimum absolute atomic E-state index is 0.0545. The van der Waals surface area contributed by atoms with Crippen LogP contribution in [0.1, 0.15) is 21.8 Å². The van der Waals surface area contributed by atoms with Crippen LogP contribution in [0.4, 0.5) is 8.78 Å². The molecule has 1 atom stereocenters. The predicted molar refractivity (Wildman–Crippen MR) is 70.0 cm³/mol. The number of carbonyl (C=O) groups is 1. The Morgan fingerprint density at radius 3 is 2.48 bits per heavy atom. The molecular weight excluding hydrogens is 278 g/mol. The van der Waals surface area contributed by atoms with Crippen LogP contribution in [0.2, 0.25) is 0 Å². The van der Waals surface area contributed by atoms with Crippen molar-refractivity contribution >= 4 is 5.78 Å². The highest BCUT2D eigenvalue weighted by Crippen LogP contribution is 2.27. The van der Waals surface area contributed by atoms with Gasteiger partial charge in [0.25, 0.3) is 0 Å². The van der Waals surface area contributed by atoms with E-state index in [9.17, 15) is 18.8 Å². The minimum Gasteiger partial charge on any atom is -0.434 e. The lowest BCUT2D eigenvalue weighted by Gasteiger charge is -2.12. The number of Topliss-reactive ketones (excluding diaryl/α,β-unsaturated/α-hetero) is 1. The van der Waals surface area contributed by atoms with E-state index in [-0.39, 0.29) is 11.3 Å². The third kappa shape index (κ3) is 3.39. The first-order valence-electron chi connectivity index (χ1n) is 6.01. The monoisotopic (exact) mass is 288 g/mol. The quantitative estimate of drug-likeness (QED) is 0.793. The molecule has 21 heavy (non-hydrogen) atoms. The van der Waals surface area contributed by atoms with Crippen LogP contribution in [0.5, 0.6) is 5.75 Å². The van der Waals surface area contributed by atoms with Gasteiger partial charge in [0.15, 0.2) is 5.78 Å². The van der Waals surface area contributed by atoms with Crippen molar-refractivity contribution in [3.8, 4) is 11.8 Å². The van der Waals surface area contributed by atoms with Crippen molar-refractivity contribution in [1.29, 1.82) is 5.26 Å². The number of aromatic nitrogens is 1. The second-order valence-electron chi connectivity index (χ2n) is 4.08. The molecular formula is C15H10F2N2O2. The largest absolute Gasteiger partial charge is 0.434 e. The summed E-state index contributed by atoms with van der Waals surface area (Å²) in [5, 5.41) is 9.20. The number of ether oxygens (including phenoxy) is 1. The van der Waals surface area contributed by atoms with E-state index in [1.165, 1.54) is 48.8 Å². The minimum atomic E-state index is -3.04. The van der Waals surface area contributed by atoms with Gasteiger partial charge in [-0.1, -0.05) is 12.1 Å². The molecule has 106 valence electrons. The summed E-state index contributed by atoms with van der Waals surface area (Å²) in [5.74, 6) is -1.94. The number of hydrogen-bond donors (Lipinski definition) is 0. The van der Waals surface area contributed by atoms with Crippen LogP contribution in [0.3, 0.4) is 0 Å². The van der Waals surface area contributed by atoms with Gasteiger partial charge in [0, 0.05) is 12.4 Å². The van der Waals surface area contributed by atoms with Gasteiger partial charge in [-0.3, -0.25) is 9.78 Å². The molecule has 0 aliphatic heterocycles. The van der Waals surface area contributed by atoms with Crippen LogP contribution in [-0.4, -0.2) is 17.4 Å². The Bertz CT molecular complexity index is 669. The Morgan fingerprint density at radius 1 is 1.19 bits per heavy atom. The van der Waals surface area contributed by atoms with E-state index >= 15 is 0 Å². The summed E-state index contributed by atoms with van der Waals surface area (Å²) in [6, 6.07) is 10.5. The third-order valence-electron chi connectivity index (χ3n) is 2.80. The topological polar surface area (TPSA) is 63.0 Å². The molecule has 2 aromatic rings. The van der Waals surface area contributed by atoms with E-state index in [4.69, 9.17) is 0 Å². The van der Waals surface area contributed by atoms with Crippen LogP contribution in [-0.2, 0) is 0 Å². The lowest BCUT2D eigenvalue weighted by molar-refractivity contribution is -0.0501. The normalized spacial score (nSPS) is 11.7. The standard InChI is InChI=1S/C15H10F2N2O2/c16-15(17)21-13-4-2-1-3-11(13)14(20)12(9-18)10-5-7-19-8-6-10/h1-8,12,15H. The molecule has 0 saturated carbocycles. The maximum absolute atomic E-state index is 12.4. The Hall–Kier alpha value is -2.81. The zero-order chi connectivity index (χ0) is 15.2. The second kappa shape index (κ2) is 6.57. The fraction of sp³-hybridized carbons (Fsp3) is 0.133.